The molecule has 0 aromatic heterocycles. The van der Waals surface area contributed by atoms with Crippen LogP contribution in [-0.2, 0) is 12.6 Å². The fraction of sp³-hybridized carbons (Fsp3) is 0.571. The molecular formula is C14H18F3NO. The summed E-state index contributed by atoms with van der Waals surface area (Å²) in [5, 5.41) is 9.93. The summed E-state index contributed by atoms with van der Waals surface area (Å²) in [6, 6.07) is 5.22. The van der Waals surface area contributed by atoms with Crippen LogP contribution in [0.4, 0.5) is 13.2 Å². The van der Waals surface area contributed by atoms with Crippen molar-refractivity contribution in [3.63, 3.8) is 0 Å². The van der Waals surface area contributed by atoms with E-state index in [0.717, 1.165) is 37.2 Å². The van der Waals surface area contributed by atoms with Crippen LogP contribution in [0, 0.1) is 5.92 Å². The molecule has 0 bridgehead atoms. The van der Waals surface area contributed by atoms with Crippen molar-refractivity contribution < 1.29 is 18.3 Å². The van der Waals surface area contributed by atoms with Crippen LogP contribution in [0.3, 0.4) is 0 Å². The molecule has 19 heavy (non-hydrogen) atoms. The second-order valence-corrected chi connectivity index (χ2v) is 5.28. The molecule has 0 radical (unpaired) electrons. The van der Waals surface area contributed by atoms with Crippen LogP contribution in [-0.4, -0.2) is 36.2 Å². The Morgan fingerprint density at radius 2 is 1.89 bits per heavy atom. The summed E-state index contributed by atoms with van der Waals surface area (Å²) in [7, 11) is 1.99. The van der Waals surface area contributed by atoms with Crippen molar-refractivity contribution in [3.8, 4) is 0 Å². The highest BCUT2D eigenvalue weighted by atomic mass is 19.4. The third kappa shape index (κ3) is 3.70. The van der Waals surface area contributed by atoms with Crippen LogP contribution in [0.2, 0.25) is 0 Å². The molecule has 1 heterocycles. The predicted molar refractivity (Wildman–Crippen MR) is 66.8 cm³/mol. The van der Waals surface area contributed by atoms with Crippen molar-refractivity contribution in [1.29, 1.82) is 0 Å². The van der Waals surface area contributed by atoms with Crippen molar-refractivity contribution in [2.24, 2.45) is 5.92 Å². The van der Waals surface area contributed by atoms with Gasteiger partial charge in [0.2, 0.25) is 0 Å². The van der Waals surface area contributed by atoms with Gasteiger partial charge in [0.05, 0.1) is 11.7 Å². The first kappa shape index (κ1) is 14.3. The lowest BCUT2D eigenvalue weighted by Crippen LogP contribution is -2.41. The maximum absolute atomic E-state index is 12.4. The number of nitrogens with zero attached hydrogens (tertiary/aromatic N) is 1. The van der Waals surface area contributed by atoms with Gasteiger partial charge in [-0.15, -0.1) is 0 Å². The highest BCUT2D eigenvalue weighted by Gasteiger charge is 2.30. The molecule has 106 valence electrons. The predicted octanol–water partition coefficient (Wildman–Crippen LogP) is 2.56. The zero-order valence-corrected chi connectivity index (χ0v) is 10.8. The molecule has 2 rings (SSSR count). The van der Waals surface area contributed by atoms with Gasteiger partial charge in [-0.1, -0.05) is 12.1 Å². The van der Waals surface area contributed by atoms with Gasteiger partial charge in [0.25, 0.3) is 0 Å². The Morgan fingerprint density at radius 3 is 2.47 bits per heavy atom. The first-order valence-corrected chi connectivity index (χ1v) is 6.39. The topological polar surface area (TPSA) is 23.5 Å². The molecule has 5 heteroatoms. The molecule has 2 atom stereocenters. The Bertz CT molecular complexity index is 416. The summed E-state index contributed by atoms with van der Waals surface area (Å²) in [4.78, 5) is 2.14. The second-order valence-electron chi connectivity index (χ2n) is 5.28. The van der Waals surface area contributed by atoms with Gasteiger partial charge in [0, 0.05) is 19.0 Å². The average molecular weight is 273 g/mol. The zero-order chi connectivity index (χ0) is 14.0. The van der Waals surface area contributed by atoms with E-state index in [1.807, 2.05) is 7.05 Å². The van der Waals surface area contributed by atoms with E-state index in [9.17, 15) is 18.3 Å². The maximum Gasteiger partial charge on any atom is 0.416 e. The molecule has 1 aliphatic heterocycles. The molecule has 0 aliphatic carbocycles. The lowest BCUT2D eigenvalue weighted by Gasteiger charge is -2.34. The minimum atomic E-state index is -4.29. The molecule has 1 fully saturated rings. The Kier molecular flexibility index (Phi) is 4.16. The van der Waals surface area contributed by atoms with E-state index < -0.39 is 11.7 Å². The molecule has 1 aliphatic rings. The fourth-order valence-corrected chi connectivity index (χ4v) is 2.53. The molecule has 0 amide bonds. The van der Waals surface area contributed by atoms with Crippen molar-refractivity contribution in [1.82, 2.24) is 4.90 Å². The molecule has 0 spiro atoms. The summed E-state index contributed by atoms with van der Waals surface area (Å²) in [5.74, 6) is 0.0930. The van der Waals surface area contributed by atoms with Gasteiger partial charge in [0.15, 0.2) is 0 Å². The molecule has 1 aromatic carbocycles. The minimum absolute atomic E-state index is 0.0930. The number of piperidine rings is 1. The fourth-order valence-electron chi connectivity index (χ4n) is 2.53. The van der Waals surface area contributed by atoms with E-state index in [-0.39, 0.29) is 12.0 Å². The van der Waals surface area contributed by atoms with E-state index in [1.54, 1.807) is 0 Å². The largest absolute Gasteiger partial charge is 0.416 e. The molecular weight excluding hydrogens is 255 g/mol. The maximum atomic E-state index is 12.4. The minimum Gasteiger partial charge on any atom is -0.393 e. The van der Waals surface area contributed by atoms with E-state index in [0.29, 0.717) is 6.42 Å². The number of hydrogen-bond acceptors (Lipinski definition) is 2. The highest BCUT2D eigenvalue weighted by molar-refractivity contribution is 5.25. The van der Waals surface area contributed by atoms with E-state index >= 15 is 0 Å². The number of rotatable bonds is 2. The summed E-state index contributed by atoms with van der Waals surface area (Å²) < 4.78 is 37.3. The number of alkyl halides is 3. The smallest absolute Gasteiger partial charge is 0.393 e. The van der Waals surface area contributed by atoms with Crippen molar-refractivity contribution in [2.75, 3.05) is 20.1 Å². The summed E-state index contributed by atoms with van der Waals surface area (Å²) in [5.41, 5.74) is 0.213. The summed E-state index contributed by atoms with van der Waals surface area (Å²) in [6.07, 6.45) is -3.31. The normalized spacial score (nSPS) is 25.5. The van der Waals surface area contributed by atoms with Gasteiger partial charge >= 0.3 is 6.18 Å². The molecule has 1 aromatic rings. The third-order valence-electron chi connectivity index (χ3n) is 3.68. The van der Waals surface area contributed by atoms with Crippen LogP contribution < -0.4 is 0 Å². The van der Waals surface area contributed by atoms with Gasteiger partial charge in [-0.05, 0) is 37.6 Å². The Labute approximate surface area is 110 Å². The average Bonchev–Trinajstić information content (AvgIpc) is 2.33. The van der Waals surface area contributed by atoms with Crippen LogP contribution >= 0.6 is 0 Å². The number of halogens is 3. The first-order valence-electron chi connectivity index (χ1n) is 6.39. The van der Waals surface area contributed by atoms with Gasteiger partial charge in [-0.3, -0.25) is 0 Å². The van der Waals surface area contributed by atoms with Crippen LogP contribution in [0.1, 0.15) is 17.5 Å². The standard InChI is InChI=1S/C14H18F3NO/c1-18-7-6-13(19)11(9-18)8-10-2-4-12(5-3-10)14(15,16)17/h2-5,11,13,19H,6-9H2,1H3. The van der Waals surface area contributed by atoms with Crippen molar-refractivity contribution >= 4 is 0 Å². The van der Waals surface area contributed by atoms with Crippen LogP contribution in [0.5, 0.6) is 0 Å². The monoisotopic (exact) mass is 273 g/mol. The number of benzene rings is 1. The number of hydrogen-bond donors (Lipinski definition) is 1. The first-order chi connectivity index (χ1) is 8.86. The number of aliphatic hydroxyl groups excluding tert-OH is 1. The highest BCUT2D eigenvalue weighted by Crippen LogP contribution is 2.29. The van der Waals surface area contributed by atoms with Crippen molar-refractivity contribution in [2.45, 2.75) is 25.1 Å². The Balaban J connectivity index is 2.03. The Hall–Kier alpha value is -1.07. The quantitative estimate of drug-likeness (QED) is 0.895. The van der Waals surface area contributed by atoms with Gasteiger partial charge in [0.1, 0.15) is 0 Å². The molecule has 1 N–H and O–H groups in total. The SMILES string of the molecule is CN1CCC(O)C(Cc2ccc(C(F)(F)F)cc2)C1. The van der Waals surface area contributed by atoms with Crippen LogP contribution in [0.15, 0.2) is 24.3 Å². The summed E-state index contributed by atoms with van der Waals surface area (Å²) in [6.45, 7) is 1.65. The Morgan fingerprint density at radius 1 is 1.26 bits per heavy atom. The van der Waals surface area contributed by atoms with Crippen LogP contribution in [0.25, 0.3) is 0 Å². The van der Waals surface area contributed by atoms with Crippen molar-refractivity contribution in [3.05, 3.63) is 35.4 Å². The lowest BCUT2D eigenvalue weighted by molar-refractivity contribution is -0.137. The van der Waals surface area contributed by atoms with Gasteiger partial charge in [-0.25, -0.2) is 0 Å². The molecule has 1 saturated heterocycles. The van der Waals surface area contributed by atoms with E-state index in [4.69, 9.17) is 0 Å². The van der Waals surface area contributed by atoms with E-state index in [2.05, 4.69) is 4.90 Å². The summed E-state index contributed by atoms with van der Waals surface area (Å²) >= 11 is 0. The van der Waals surface area contributed by atoms with E-state index in [1.165, 1.54) is 12.1 Å². The third-order valence-corrected chi connectivity index (χ3v) is 3.68. The molecule has 0 saturated carbocycles. The second kappa shape index (κ2) is 5.51. The lowest BCUT2D eigenvalue weighted by atomic mass is 9.89. The van der Waals surface area contributed by atoms with Gasteiger partial charge in [-0.2, -0.15) is 13.2 Å². The molecule has 2 unspecified atom stereocenters. The number of aliphatic hydroxyl groups is 1. The van der Waals surface area contributed by atoms with Gasteiger partial charge < -0.3 is 10.0 Å². The zero-order valence-electron chi connectivity index (χ0n) is 10.8. The molecule has 2 nitrogen and oxygen atoms in total. The number of likely N-dealkylation sites (tertiary alicyclic amines) is 1.